The Morgan fingerprint density at radius 2 is 2.06 bits per heavy atom. The average Bonchev–Trinajstić information content (AvgIpc) is 2.15. The van der Waals surface area contributed by atoms with Crippen molar-refractivity contribution < 1.29 is 22.6 Å². The summed E-state index contributed by atoms with van der Waals surface area (Å²) in [5.41, 5.74) is 4.40. The molecule has 0 aliphatic carbocycles. The summed E-state index contributed by atoms with van der Waals surface area (Å²) in [6, 6.07) is 1.73. The van der Waals surface area contributed by atoms with Crippen molar-refractivity contribution in [2.45, 2.75) is 4.90 Å². The second-order valence-electron chi connectivity index (χ2n) is 2.76. The number of nitrogens with zero attached hydrogens (tertiary/aromatic N) is 1. The van der Waals surface area contributed by atoms with Crippen molar-refractivity contribution in [3.05, 3.63) is 22.2 Å². The monoisotopic (exact) mass is 248 g/mol. The molecule has 0 radical (unpaired) electrons. The molecule has 9 heteroatoms. The van der Waals surface area contributed by atoms with E-state index in [0.717, 1.165) is 19.2 Å². The van der Waals surface area contributed by atoms with Crippen molar-refractivity contribution in [3.63, 3.8) is 0 Å². The van der Waals surface area contributed by atoms with E-state index in [0.29, 0.717) is 0 Å². The fourth-order valence-electron chi connectivity index (χ4n) is 1.14. The van der Waals surface area contributed by atoms with Gasteiger partial charge in [-0.15, -0.1) is 0 Å². The zero-order valence-electron chi connectivity index (χ0n) is 8.08. The average molecular weight is 248 g/mol. The highest BCUT2D eigenvalue weighted by Crippen LogP contribution is 2.36. The van der Waals surface area contributed by atoms with E-state index in [4.69, 9.17) is 10.3 Å². The van der Waals surface area contributed by atoms with Gasteiger partial charge in [0, 0.05) is 6.07 Å². The van der Waals surface area contributed by atoms with E-state index < -0.39 is 37.1 Å². The minimum absolute atomic E-state index is 0.447. The largest absolute Gasteiger partial charge is 0.493 e. The highest BCUT2D eigenvalue weighted by Gasteiger charge is 2.25. The number of hydrogen-bond acceptors (Lipinski definition) is 6. The molecule has 8 nitrogen and oxygen atoms in total. The molecule has 1 aromatic rings. The Morgan fingerprint density at radius 1 is 1.50 bits per heavy atom. The van der Waals surface area contributed by atoms with Gasteiger partial charge < -0.3 is 10.5 Å². The first-order valence-corrected chi connectivity index (χ1v) is 5.31. The van der Waals surface area contributed by atoms with Crippen LogP contribution in [-0.2, 0) is 10.1 Å². The Kier molecular flexibility index (Phi) is 3.01. The van der Waals surface area contributed by atoms with E-state index in [2.05, 4.69) is 4.74 Å². The molecule has 0 heterocycles. The van der Waals surface area contributed by atoms with Gasteiger partial charge in [0.2, 0.25) is 0 Å². The first kappa shape index (κ1) is 12.2. The maximum atomic E-state index is 10.9. The molecule has 0 saturated carbocycles. The first-order valence-electron chi connectivity index (χ1n) is 3.87. The molecule has 16 heavy (non-hydrogen) atoms. The van der Waals surface area contributed by atoms with E-state index >= 15 is 0 Å². The van der Waals surface area contributed by atoms with Crippen LogP contribution in [0.3, 0.4) is 0 Å². The molecular weight excluding hydrogens is 240 g/mol. The second-order valence-corrected chi connectivity index (χ2v) is 4.15. The number of nitrogens with two attached hydrogens (primary N) is 1. The van der Waals surface area contributed by atoms with E-state index in [1.165, 1.54) is 0 Å². The van der Waals surface area contributed by atoms with E-state index in [-0.39, 0.29) is 0 Å². The summed E-state index contributed by atoms with van der Waals surface area (Å²) in [6.07, 6.45) is 0. The smallest absolute Gasteiger partial charge is 0.298 e. The summed E-state index contributed by atoms with van der Waals surface area (Å²) in [5.74, 6) is -0.447. The molecule has 1 rings (SSSR count). The van der Waals surface area contributed by atoms with Gasteiger partial charge >= 0.3 is 0 Å². The van der Waals surface area contributed by atoms with Crippen LogP contribution >= 0.6 is 0 Å². The Balaban J connectivity index is 3.60. The van der Waals surface area contributed by atoms with Gasteiger partial charge in [0.1, 0.15) is 4.90 Å². The minimum Gasteiger partial charge on any atom is -0.493 e. The molecule has 0 amide bonds. The predicted molar refractivity (Wildman–Crippen MR) is 53.9 cm³/mol. The topological polar surface area (TPSA) is 133 Å². The van der Waals surface area contributed by atoms with Crippen LogP contribution in [0.4, 0.5) is 11.4 Å². The lowest BCUT2D eigenvalue weighted by atomic mass is 10.2. The number of hydrogen-bond donors (Lipinski definition) is 2. The first-order chi connectivity index (χ1) is 7.29. The number of nitrogen functional groups attached to an aromatic ring is 1. The Morgan fingerprint density at radius 3 is 2.44 bits per heavy atom. The molecular formula is C7H8N2O6S. The van der Waals surface area contributed by atoms with Crippen LogP contribution in [0.25, 0.3) is 0 Å². The fourth-order valence-corrected chi connectivity index (χ4v) is 1.81. The zero-order chi connectivity index (χ0) is 12.5. The maximum Gasteiger partial charge on any atom is 0.298 e. The molecule has 88 valence electrons. The van der Waals surface area contributed by atoms with E-state index in [1.807, 2.05) is 0 Å². The summed E-state index contributed by atoms with van der Waals surface area (Å²) < 4.78 is 35.2. The summed E-state index contributed by atoms with van der Waals surface area (Å²) in [5, 5.41) is 10.5. The SMILES string of the molecule is COc1c(S(=O)(=O)O)ccc([N+](=O)[O-])c1N. The van der Waals surface area contributed by atoms with Gasteiger partial charge in [-0.1, -0.05) is 0 Å². The summed E-state index contributed by atoms with van der Waals surface area (Å²) >= 11 is 0. The van der Waals surface area contributed by atoms with Crippen LogP contribution in [0.1, 0.15) is 0 Å². The minimum atomic E-state index is -4.54. The van der Waals surface area contributed by atoms with Crippen LogP contribution in [0.15, 0.2) is 17.0 Å². The van der Waals surface area contributed by atoms with E-state index in [9.17, 15) is 18.5 Å². The summed E-state index contributed by atoms with van der Waals surface area (Å²) in [4.78, 5) is 9.11. The van der Waals surface area contributed by atoms with Crippen molar-refractivity contribution in [1.82, 2.24) is 0 Å². The van der Waals surface area contributed by atoms with Crippen LogP contribution in [0.5, 0.6) is 5.75 Å². The van der Waals surface area contributed by atoms with Gasteiger partial charge in [-0.05, 0) is 6.07 Å². The molecule has 0 atom stereocenters. The number of ether oxygens (including phenoxy) is 1. The normalized spacial score (nSPS) is 11.1. The van der Waals surface area contributed by atoms with Crippen molar-refractivity contribution in [1.29, 1.82) is 0 Å². The summed E-state index contributed by atoms with van der Waals surface area (Å²) in [6.45, 7) is 0. The van der Waals surface area contributed by atoms with Crippen molar-refractivity contribution in [2.75, 3.05) is 12.8 Å². The fraction of sp³-hybridized carbons (Fsp3) is 0.143. The third-order valence-corrected chi connectivity index (χ3v) is 2.69. The Bertz CT molecular complexity index is 538. The van der Waals surface area contributed by atoms with Gasteiger partial charge in [-0.2, -0.15) is 8.42 Å². The predicted octanol–water partition coefficient (Wildman–Crippen LogP) is 0.432. The molecule has 0 saturated heterocycles. The molecule has 0 spiro atoms. The number of methoxy groups -OCH3 is 1. The lowest BCUT2D eigenvalue weighted by molar-refractivity contribution is -0.384. The molecule has 0 aromatic heterocycles. The van der Waals surface area contributed by atoms with Crippen LogP contribution in [-0.4, -0.2) is 25.0 Å². The van der Waals surface area contributed by atoms with Gasteiger partial charge in [0.05, 0.1) is 12.0 Å². The van der Waals surface area contributed by atoms with Gasteiger partial charge in [-0.25, -0.2) is 0 Å². The van der Waals surface area contributed by atoms with Gasteiger partial charge in [0.25, 0.3) is 15.8 Å². The standard InChI is InChI=1S/C7H8N2O6S/c1-15-7-5(16(12,13)14)3-2-4(6(7)8)9(10)11/h2-3H,8H2,1H3,(H,12,13,14). The Labute approximate surface area is 90.5 Å². The quantitative estimate of drug-likeness (QED) is 0.343. The number of anilines is 1. The van der Waals surface area contributed by atoms with Gasteiger partial charge in [-0.3, -0.25) is 14.7 Å². The lowest BCUT2D eigenvalue weighted by Gasteiger charge is -2.08. The number of nitro groups is 1. The summed E-state index contributed by atoms with van der Waals surface area (Å²) in [7, 11) is -3.45. The number of nitro benzene ring substituents is 1. The van der Waals surface area contributed by atoms with Crippen molar-refractivity contribution >= 4 is 21.5 Å². The molecule has 0 unspecified atom stereocenters. The third-order valence-electron chi connectivity index (χ3n) is 1.82. The second kappa shape index (κ2) is 3.94. The van der Waals surface area contributed by atoms with Crippen LogP contribution in [0, 0.1) is 10.1 Å². The molecule has 0 bridgehead atoms. The number of rotatable bonds is 3. The van der Waals surface area contributed by atoms with E-state index in [1.54, 1.807) is 0 Å². The number of benzene rings is 1. The molecule has 0 fully saturated rings. The lowest BCUT2D eigenvalue weighted by Crippen LogP contribution is -2.06. The highest BCUT2D eigenvalue weighted by atomic mass is 32.2. The highest BCUT2D eigenvalue weighted by molar-refractivity contribution is 7.86. The molecule has 1 aromatic carbocycles. The molecule has 0 aliphatic heterocycles. The molecule has 3 N–H and O–H groups in total. The maximum absolute atomic E-state index is 10.9. The zero-order valence-corrected chi connectivity index (χ0v) is 8.89. The third kappa shape index (κ3) is 2.04. The van der Waals surface area contributed by atoms with Crippen molar-refractivity contribution in [3.8, 4) is 5.75 Å². The van der Waals surface area contributed by atoms with Crippen LogP contribution < -0.4 is 10.5 Å². The Hall–Kier alpha value is -1.87. The van der Waals surface area contributed by atoms with Crippen molar-refractivity contribution in [2.24, 2.45) is 0 Å². The molecule has 0 aliphatic rings. The van der Waals surface area contributed by atoms with Gasteiger partial charge in [0.15, 0.2) is 11.4 Å². The van der Waals surface area contributed by atoms with Crippen LogP contribution in [0.2, 0.25) is 0 Å².